The Kier molecular flexibility index (Phi) is 4.11. The predicted octanol–water partition coefficient (Wildman–Crippen LogP) is 1.87. The molecule has 0 radical (unpaired) electrons. The maximum absolute atomic E-state index is 11.6. The van der Waals surface area contributed by atoms with Crippen molar-refractivity contribution in [2.75, 3.05) is 25.1 Å². The van der Waals surface area contributed by atoms with Gasteiger partial charge in [-0.3, -0.25) is 4.79 Å². The molecule has 1 aromatic heterocycles. The van der Waals surface area contributed by atoms with Crippen LogP contribution in [0.2, 0.25) is 0 Å². The molecule has 1 N–H and O–H groups in total. The van der Waals surface area contributed by atoms with E-state index in [-0.39, 0.29) is 0 Å². The Morgan fingerprint density at radius 1 is 1.55 bits per heavy atom. The molecule has 1 atom stereocenters. The molecule has 1 unspecified atom stereocenters. The average molecular weight is 279 g/mol. The van der Waals surface area contributed by atoms with Crippen LogP contribution in [0.25, 0.3) is 0 Å². The second kappa shape index (κ2) is 5.64. The zero-order chi connectivity index (χ0) is 14.8. The molecule has 1 aromatic rings. The number of ether oxygens (including phenoxy) is 1. The van der Waals surface area contributed by atoms with E-state index in [2.05, 4.69) is 9.97 Å². The van der Waals surface area contributed by atoms with Crippen LogP contribution in [0.1, 0.15) is 31.9 Å². The van der Waals surface area contributed by atoms with Crippen LogP contribution in [0.4, 0.5) is 5.95 Å². The molecule has 6 heteroatoms. The monoisotopic (exact) mass is 279 g/mol. The zero-order valence-electron chi connectivity index (χ0n) is 12.2. The molecule has 2 rings (SSSR count). The maximum Gasteiger partial charge on any atom is 0.311 e. The number of carboxylic acid groups (broad SMARTS) is 1. The standard InChI is InChI=1S/C14H21N3O3/c1-4-5-14(12(18)19)6-7-17(9-14)13-15-10(2)8-11(16-13)20-3/h8H,4-7,9H2,1-3H3,(H,18,19). The molecular formula is C14H21N3O3. The fraction of sp³-hybridized carbons (Fsp3) is 0.643. The number of aliphatic carboxylic acids is 1. The Bertz CT molecular complexity index is 506. The summed E-state index contributed by atoms with van der Waals surface area (Å²) in [6.45, 7) is 5.02. The molecule has 1 aliphatic heterocycles. The van der Waals surface area contributed by atoms with Crippen LogP contribution in [-0.4, -0.2) is 41.2 Å². The second-order valence-electron chi connectivity index (χ2n) is 5.36. The van der Waals surface area contributed by atoms with Gasteiger partial charge >= 0.3 is 5.97 Å². The Morgan fingerprint density at radius 2 is 2.30 bits per heavy atom. The molecule has 0 spiro atoms. The third kappa shape index (κ3) is 2.69. The van der Waals surface area contributed by atoms with Gasteiger partial charge in [-0.1, -0.05) is 13.3 Å². The largest absolute Gasteiger partial charge is 0.481 e. The number of aromatic nitrogens is 2. The lowest BCUT2D eigenvalue weighted by Gasteiger charge is -2.24. The van der Waals surface area contributed by atoms with Gasteiger partial charge in [-0.15, -0.1) is 0 Å². The predicted molar refractivity (Wildman–Crippen MR) is 75.1 cm³/mol. The molecule has 110 valence electrons. The van der Waals surface area contributed by atoms with Gasteiger partial charge in [-0.05, 0) is 19.8 Å². The fourth-order valence-corrected chi connectivity index (χ4v) is 2.78. The van der Waals surface area contributed by atoms with Gasteiger partial charge in [-0.25, -0.2) is 4.98 Å². The number of methoxy groups -OCH3 is 1. The topological polar surface area (TPSA) is 75.5 Å². The highest BCUT2D eigenvalue weighted by atomic mass is 16.5. The Labute approximate surface area is 118 Å². The summed E-state index contributed by atoms with van der Waals surface area (Å²) in [5.41, 5.74) is 0.143. The number of hydrogen-bond donors (Lipinski definition) is 1. The third-order valence-corrected chi connectivity index (χ3v) is 3.85. The van der Waals surface area contributed by atoms with Gasteiger partial charge in [0.1, 0.15) is 0 Å². The van der Waals surface area contributed by atoms with Crippen LogP contribution >= 0.6 is 0 Å². The fourth-order valence-electron chi connectivity index (χ4n) is 2.78. The normalized spacial score (nSPS) is 22.1. The first-order valence-corrected chi connectivity index (χ1v) is 6.89. The maximum atomic E-state index is 11.6. The van der Waals surface area contributed by atoms with Crippen molar-refractivity contribution in [1.29, 1.82) is 0 Å². The van der Waals surface area contributed by atoms with Crippen molar-refractivity contribution in [2.45, 2.75) is 33.1 Å². The summed E-state index contributed by atoms with van der Waals surface area (Å²) in [7, 11) is 1.56. The average Bonchev–Trinajstić information content (AvgIpc) is 2.84. The lowest BCUT2D eigenvalue weighted by Crippen LogP contribution is -2.35. The summed E-state index contributed by atoms with van der Waals surface area (Å²) in [5.74, 6) is 0.346. The minimum Gasteiger partial charge on any atom is -0.481 e. The van der Waals surface area contributed by atoms with Gasteiger partial charge in [0.2, 0.25) is 11.8 Å². The van der Waals surface area contributed by atoms with Crippen LogP contribution in [-0.2, 0) is 4.79 Å². The quantitative estimate of drug-likeness (QED) is 0.887. The van der Waals surface area contributed by atoms with Gasteiger partial charge in [0.25, 0.3) is 0 Å². The van der Waals surface area contributed by atoms with Crippen LogP contribution in [0.5, 0.6) is 5.88 Å². The highest BCUT2D eigenvalue weighted by molar-refractivity contribution is 5.76. The van der Waals surface area contributed by atoms with Crippen molar-refractivity contribution >= 4 is 11.9 Å². The van der Waals surface area contributed by atoms with Crippen molar-refractivity contribution in [2.24, 2.45) is 5.41 Å². The molecule has 1 fully saturated rings. The molecule has 2 heterocycles. The summed E-state index contributed by atoms with van der Waals surface area (Å²) in [5, 5.41) is 9.52. The molecular weight excluding hydrogens is 258 g/mol. The summed E-state index contributed by atoms with van der Waals surface area (Å²) >= 11 is 0. The van der Waals surface area contributed by atoms with Crippen LogP contribution in [0.15, 0.2) is 6.07 Å². The van der Waals surface area contributed by atoms with E-state index in [1.54, 1.807) is 13.2 Å². The highest BCUT2D eigenvalue weighted by Gasteiger charge is 2.44. The van der Waals surface area contributed by atoms with Gasteiger partial charge in [-0.2, -0.15) is 4.98 Å². The highest BCUT2D eigenvalue weighted by Crippen LogP contribution is 2.37. The van der Waals surface area contributed by atoms with Gasteiger partial charge in [0.05, 0.1) is 12.5 Å². The van der Waals surface area contributed by atoms with Crippen molar-refractivity contribution in [1.82, 2.24) is 9.97 Å². The first kappa shape index (κ1) is 14.6. The molecule has 0 saturated carbocycles. The summed E-state index contributed by atoms with van der Waals surface area (Å²) in [6, 6.07) is 1.76. The lowest BCUT2D eigenvalue weighted by molar-refractivity contribution is -0.148. The number of carboxylic acids is 1. The van der Waals surface area contributed by atoms with Crippen molar-refractivity contribution in [3.8, 4) is 5.88 Å². The lowest BCUT2D eigenvalue weighted by atomic mass is 9.83. The minimum absolute atomic E-state index is 0.461. The Balaban J connectivity index is 2.24. The number of rotatable bonds is 5. The molecule has 6 nitrogen and oxygen atoms in total. The Morgan fingerprint density at radius 3 is 2.90 bits per heavy atom. The van der Waals surface area contributed by atoms with E-state index in [1.807, 2.05) is 18.7 Å². The summed E-state index contributed by atoms with van der Waals surface area (Å²) in [4.78, 5) is 22.2. The first-order chi connectivity index (χ1) is 9.50. The van der Waals surface area contributed by atoms with Crippen LogP contribution in [0.3, 0.4) is 0 Å². The Hall–Kier alpha value is -1.85. The van der Waals surface area contributed by atoms with E-state index in [0.717, 1.165) is 12.1 Å². The molecule has 0 amide bonds. The second-order valence-corrected chi connectivity index (χ2v) is 5.36. The van der Waals surface area contributed by atoms with Crippen molar-refractivity contribution in [3.05, 3.63) is 11.8 Å². The van der Waals surface area contributed by atoms with Gasteiger partial charge < -0.3 is 14.7 Å². The van der Waals surface area contributed by atoms with Gasteiger partial charge in [0.15, 0.2) is 0 Å². The molecule has 0 bridgehead atoms. The van der Waals surface area contributed by atoms with E-state index in [1.165, 1.54) is 0 Å². The summed E-state index contributed by atoms with van der Waals surface area (Å²) in [6.07, 6.45) is 2.18. The first-order valence-electron chi connectivity index (χ1n) is 6.89. The molecule has 1 saturated heterocycles. The zero-order valence-corrected chi connectivity index (χ0v) is 12.2. The van der Waals surface area contributed by atoms with E-state index in [0.29, 0.717) is 37.8 Å². The molecule has 1 aliphatic rings. The van der Waals surface area contributed by atoms with Crippen LogP contribution < -0.4 is 9.64 Å². The minimum atomic E-state index is -0.721. The number of carbonyl (C=O) groups is 1. The van der Waals surface area contributed by atoms with Gasteiger partial charge in [0, 0.05) is 24.8 Å². The van der Waals surface area contributed by atoms with E-state index >= 15 is 0 Å². The van der Waals surface area contributed by atoms with Crippen molar-refractivity contribution < 1.29 is 14.6 Å². The number of hydrogen-bond acceptors (Lipinski definition) is 5. The SMILES string of the molecule is CCCC1(C(=O)O)CCN(c2nc(C)cc(OC)n2)C1. The molecule has 0 aliphatic carbocycles. The number of anilines is 1. The van der Waals surface area contributed by atoms with E-state index in [4.69, 9.17) is 4.74 Å². The molecule has 0 aromatic carbocycles. The number of aryl methyl sites for hydroxylation is 1. The van der Waals surface area contributed by atoms with Crippen molar-refractivity contribution in [3.63, 3.8) is 0 Å². The van der Waals surface area contributed by atoms with E-state index in [9.17, 15) is 9.90 Å². The third-order valence-electron chi connectivity index (χ3n) is 3.85. The molecule has 20 heavy (non-hydrogen) atoms. The van der Waals surface area contributed by atoms with E-state index < -0.39 is 11.4 Å². The van der Waals surface area contributed by atoms with Crippen LogP contribution in [0, 0.1) is 12.3 Å². The smallest absolute Gasteiger partial charge is 0.311 e. The summed E-state index contributed by atoms with van der Waals surface area (Å²) < 4.78 is 5.15. The number of nitrogens with zero attached hydrogens (tertiary/aromatic N) is 3.